The average molecular weight is 310 g/mol. The fraction of sp³-hybridized carbons (Fsp3) is 0.625. The van der Waals surface area contributed by atoms with E-state index in [1.165, 1.54) is 47.7 Å². The van der Waals surface area contributed by atoms with Crippen LogP contribution in [-0.2, 0) is 0 Å². The molecule has 1 unspecified atom stereocenters. The number of hydrogen-bond donors (Lipinski definition) is 1. The number of nitrogens with one attached hydrogen (secondary N) is 1. The van der Waals surface area contributed by atoms with Crippen molar-refractivity contribution in [2.24, 2.45) is 5.92 Å². The van der Waals surface area contributed by atoms with Gasteiger partial charge < -0.3 is 5.32 Å². The molecule has 1 aliphatic rings. The summed E-state index contributed by atoms with van der Waals surface area (Å²) in [4.78, 5) is 0. The monoisotopic (exact) mass is 309 g/mol. The highest BCUT2D eigenvalue weighted by Gasteiger charge is 2.25. The molecular weight excluding hydrogens is 286 g/mol. The molecule has 0 heterocycles. The third-order valence-corrected chi connectivity index (χ3v) is 4.75. The largest absolute Gasteiger partial charge is 0.310 e. The van der Waals surface area contributed by atoms with Crippen LogP contribution < -0.4 is 5.32 Å². The Morgan fingerprint density at radius 1 is 1.28 bits per heavy atom. The van der Waals surface area contributed by atoms with E-state index in [-0.39, 0.29) is 0 Å². The molecule has 0 aromatic heterocycles. The molecule has 1 aromatic rings. The van der Waals surface area contributed by atoms with Crippen LogP contribution in [0.4, 0.5) is 0 Å². The summed E-state index contributed by atoms with van der Waals surface area (Å²) in [7, 11) is 0. The molecule has 1 fully saturated rings. The van der Waals surface area contributed by atoms with E-state index >= 15 is 0 Å². The molecule has 1 aromatic carbocycles. The van der Waals surface area contributed by atoms with Crippen LogP contribution in [0.25, 0.3) is 0 Å². The Hall–Kier alpha value is -0.340. The fourth-order valence-electron chi connectivity index (χ4n) is 3.12. The topological polar surface area (TPSA) is 12.0 Å². The van der Waals surface area contributed by atoms with Gasteiger partial charge in [0, 0.05) is 10.5 Å². The summed E-state index contributed by atoms with van der Waals surface area (Å²) in [6.45, 7) is 5.43. The first kappa shape index (κ1) is 14.1. The van der Waals surface area contributed by atoms with Crippen molar-refractivity contribution in [3.63, 3.8) is 0 Å². The van der Waals surface area contributed by atoms with Gasteiger partial charge in [0.2, 0.25) is 0 Å². The Balaban J connectivity index is 2.24. The predicted molar refractivity (Wildman–Crippen MR) is 81.9 cm³/mol. The Morgan fingerprint density at radius 2 is 2.00 bits per heavy atom. The van der Waals surface area contributed by atoms with Crippen molar-refractivity contribution in [2.45, 2.75) is 52.0 Å². The van der Waals surface area contributed by atoms with E-state index in [0.29, 0.717) is 6.04 Å². The lowest BCUT2D eigenvalue weighted by molar-refractivity contribution is 0.274. The van der Waals surface area contributed by atoms with Crippen LogP contribution in [0, 0.1) is 12.8 Å². The molecular formula is C16H24BrN. The summed E-state index contributed by atoms with van der Waals surface area (Å²) < 4.78 is 1.25. The Kier molecular flexibility index (Phi) is 5.25. The quantitative estimate of drug-likeness (QED) is 0.826. The van der Waals surface area contributed by atoms with Gasteiger partial charge in [0.25, 0.3) is 0 Å². The second-order valence-electron chi connectivity index (χ2n) is 5.46. The van der Waals surface area contributed by atoms with Crippen molar-refractivity contribution in [2.75, 3.05) is 6.54 Å². The molecule has 0 radical (unpaired) electrons. The van der Waals surface area contributed by atoms with Gasteiger partial charge in [-0.1, -0.05) is 59.8 Å². The van der Waals surface area contributed by atoms with Crippen LogP contribution in [0.1, 0.15) is 56.2 Å². The van der Waals surface area contributed by atoms with Crippen molar-refractivity contribution in [1.29, 1.82) is 0 Å². The van der Waals surface area contributed by atoms with Crippen LogP contribution in [-0.4, -0.2) is 6.54 Å². The highest BCUT2D eigenvalue weighted by molar-refractivity contribution is 9.10. The number of rotatable bonds is 4. The van der Waals surface area contributed by atoms with Crippen LogP contribution in [0.15, 0.2) is 22.7 Å². The van der Waals surface area contributed by atoms with Crippen LogP contribution in [0.2, 0.25) is 0 Å². The maximum atomic E-state index is 3.73. The SMILES string of the molecule is CCNC(c1cc(C)ccc1Br)C1CCCCC1. The minimum atomic E-state index is 0.518. The molecule has 0 amide bonds. The highest BCUT2D eigenvalue weighted by Crippen LogP contribution is 2.37. The van der Waals surface area contributed by atoms with E-state index in [9.17, 15) is 0 Å². The fourth-order valence-corrected chi connectivity index (χ4v) is 3.61. The van der Waals surface area contributed by atoms with Crippen molar-refractivity contribution >= 4 is 15.9 Å². The molecule has 0 saturated heterocycles. The lowest BCUT2D eigenvalue weighted by atomic mass is 9.81. The molecule has 1 nitrogen and oxygen atoms in total. The van der Waals surface area contributed by atoms with E-state index < -0.39 is 0 Å². The highest BCUT2D eigenvalue weighted by atomic mass is 79.9. The first-order valence-corrected chi connectivity index (χ1v) is 8.01. The number of aryl methyl sites for hydroxylation is 1. The van der Waals surface area contributed by atoms with Crippen LogP contribution >= 0.6 is 15.9 Å². The van der Waals surface area contributed by atoms with E-state index in [4.69, 9.17) is 0 Å². The van der Waals surface area contributed by atoms with E-state index in [2.05, 4.69) is 53.3 Å². The maximum absolute atomic E-state index is 3.73. The zero-order valence-electron chi connectivity index (χ0n) is 11.5. The zero-order chi connectivity index (χ0) is 13.0. The first-order valence-electron chi connectivity index (χ1n) is 7.21. The summed E-state index contributed by atoms with van der Waals surface area (Å²) in [5.41, 5.74) is 2.80. The molecule has 2 heteroatoms. The van der Waals surface area contributed by atoms with E-state index in [1.54, 1.807) is 0 Å². The standard InChI is InChI=1S/C16H24BrN/c1-3-18-16(13-7-5-4-6-8-13)14-11-12(2)9-10-15(14)17/h9-11,13,16,18H,3-8H2,1-2H3. The van der Waals surface area contributed by atoms with E-state index in [1.807, 2.05) is 0 Å². The van der Waals surface area contributed by atoms with Crippen molar-refractivity contribution in [3.05, 3.63) is 33.8 Å². The van der Waals surface area contributed by atoms with Gasteiger partial charge in [0.1, 0.15) is 0 Å². The molecule has 1 N–H and O–H groups in total. The van der Waals surface area contributed by atoms with Crippen LogP contribution in [0.5, 0.6) is 0 Å². The van der Waals surface area contributed by atoms with Gasteiger partial charge in [-0.25, -0.2) is 0 Å². The Morgan fingerprint density at radius 3 is 2.67 bits per heavy atom. The number of halogens is 1. The molecule has 18 heavy (non-hydrogen) atoms. The molecule has 1 saturated carbocycles. The summed E-state index contributed by atoms with van der Waals surface area (Å²) in [5.74, 6) is 0.803. The maximum Gasteiger partial charge on any atom is 0.0359 e. The predicted octanol–water partition coefficient (Wildman–Crippen LogP) is 4.99. The van der Waals surface area contributed by atoms with Crippen molar-refractivity contribution in [3.8, 4) is 0 Å². The second-order valence-corrected chi connectivity index (χ2v) is 6.31. The summed E-state index contributed by atoms with van der Waals surface area (Å²) in [6.07, 6.45) is 6.96. The molecule has 1 atom stereocenters. The molecule has 100 valence electrons. The second kappa shape index (κ2) is 6.72. The molecule has 2 rings (SSSR count). The normalized spacial score (nSPS) is 18.8. The smallest absolute Gasteiger partial charge is 0.0359 e. The van der Waals surface area contributed by atoms with Gasteiger partial charge in [-0.15, -0.1) is 0 Å². The molecule has 0 spiro atoms. The molecule has 0 bridgehead atoms. The van der Waals surface area contributed by atoms with Crippen molar-refractivity contribution in [1.82, 2.24) is 5.32 Å². The van der Waals surface area contributed by atoms with E-state index in [0.717, 1.165) is 12.5 Å². The molecule has 0 aliphatic heterocycles. The van der Waals surface area contributed by atoms with Gasteiger partial charge in [-0.3, -0.25) is 0 Å². The Bertz CT molecular complexity index is 383. The lowest BCUT2D eigenvalue weighted by Crippen LogP contribution is -2.30. The van der Waals surface area contributed by atoms with Gasteiger partial charge in [-0.05, 0) is 43.9 Å². The van der Waals surface area contributed by atoms with Gasteiger partial charge in [0.05, 0.1) is 0 Å². The van der Waals surface area contributed by atoms with Crippen molar-refractivity contribution < 1.29 is 0 Å². The molecule has 1 aliphatic carbocycles. The summed E-state index contributed by atoms with van der Waals surface area (Å²) >= 11 is 3.73. The average Bonchev–Trinajstić information content (AvgIpc) is 2.40. The van der Waals surface area contributed by atoms with Gasteiger partial charge in [0.15, 0.2) is 0 Å². The lowest BCUT2D eigenvalue weighted by Gasteiger charge is -2.32. The van der Waals surface area contributed by atoms with Gasteiger partial charge >= 0.3 is 0 Å². The minimum absolute atomic E-state index is 0.518. The Labute approximate surface area is 119 Å². The summed E-state index contributed by atoms with van der Waals surface area (Å²) in [5, 5.41) is 3.71. The van der Waals surface area contributed by atoms with Crippen LogP contribution in [0.3, 0.4) is 0 Å². The third-order valence-electron chi connectivity index (χ3n) is 4.03. The minimum Gasteiger partial charge on any atom is -0.310 e. The van der Waals surface area contributed by atoms with Gasteiger partial charge in [-0.2, -0.15) is 0 Å². The number of hydrogen-bond acceptors (Lipinski definition) is 1. The number of benzene rings is 1. The zero-order valence-corrected chi connectivity index (χ0v) is 13.1. The third kappa shape index (κ3) is 3.36. The summed E-state index contributed by atoms with van der Waals surface area (Å²) in [6, 6.07) is 7.23. The first-order chi connectivity index (χ1) is 8.72.